The number of carboxylic acids is 1. The van der Waals surface area contributed by atoms with Crippen molar-refractivity contribution < 1.29 is 23.8 Å². The Kier molecular flexibility index (Phi) is 3.91. The molecule has 1 aromatic rings. The molecule has 1 fully saturated rings. The van der Waals surface area contributed by atoms with Gasteiger partial charge in [-0.05, 0) is 6.07 Å². The quantitative estimate of drug-likeness (QED) is 0.917. The molecule has 1 aliphatic rings. The van der Waals surface area contributed by atoms with Gasteiger partial charge in [0.2, 0.25) is 0 Å². The Bertz CT molecular complexity index is 573. The topological polar surface area (TPSA) is 79.5 Å². The number of benzene rings is 1. The van der Waals surface area contributed by atoms with Crippen molar-refractivity contribution in [2.24, 2.45) is 0 Å². The lowest BCUT2D eigenvalue weighted by Gasteiger charge is -2.31. The number of nitrogens with zero attached hydrogens (tertiary/aromatic N) is 1. The standard InChI is InChI=1S/C14H14FNO4/c1-19-12-9(8-16)2-3-10(11(12)13(17)18)14(15)4-6-20-7-5-14/h2-3H,4-7H2,1H3,(H,17,18). The van der Waals surface area contributed by atoms with Crippen molar-refractivity contribution in [3.63, 3.8) is 0 Å². The van der Waals surface area contributed by atoms with E-state index in [2.05, 4.69) is 0 Å². The minimum absolute atomic E-state index is 0.0455. The highest BCUT2D eigenvalue weighted by Gasteiger charge is 2.39. The molecule has 5 nitrogen and oxygen atoms in total. The third-order valence-electron chi connectivity index (χ3n) is 3.46. The number of aromatic carboxylic acids is 1. The molecule has 1 heterocycles. The lowest BCUT2D eigenvalue weighted by molar-refractivity contribution is -0.0123. The minimum Gasteiger partial charge on any atom is -0.494 e. The van der Waals surface area contributed by atoms with Crippen molar-refractivity contribution >= 4 is 5.97 Å². The van der Waals surface area contributed by atoms with Crippen molar-refractivity contribution in [2.75, 3.05) is 20.3 Å². The first-order valence-electron chi connectivity index (χ1n) is 6.15. The summed E-state index contributed by atoms with van der Waals surface area (Å²) in [5, 5.41) is 18.3. The summed E-state index contributed by atoms with van der Waals surface area (Å²) >= 11 is 0. The molecule has 0 aliphatic carbocycles. The first kappa shape index (κ1) is 14.3. The Labute approximate surface area is 115 Å². The third-order valence-corrected chi connectivity index (χ3v) is 3.46. The monoisotopic (exact) mass is 279 g/mol. The first-order chi connectivity index (χ1) is 9.53. The molecule has 0 atom stereocenters. The summed E-state index contributed by atoms with van der Waals surface area (Å²) in [4.78, 5) is 11.5. The van der Waals surface area contributed by atoms with Crippen LogP contribution in [0.15, 0.2) is 12.1 Å². The van der Waals surface area contributed by atoms with E-state index >= 15 is 0 Å². The molecule has 106 valence electrons. The van der Waals surface area contributed by atoms with Crippen LogP contribution >= 0.6 is 0 Å². The summed E-state index contributed by atoms with van der Waals surface area (Å²) in [6.07, 6.45) is 0.171. The Morgan fingerprint density at radius 1 is 1.50 bits per heavy atom. The molecule has 0 aromatic heterocycles. The van der Waals surface area contributed by atoms with E-state index in [4.69, 9.17) is 14.7 Å². The van der Waals surface area contributed by atoms with Crippen LogP contribution in [-0.4, -0.2) is 31.4 Å². The van der Waals surface area contributed by atoms with E-state index in [-0.39, 0.29) is 48.5 Å². The second-order valence-electron chi connectivity index (χ2n) is 4.56. The molecule has 0 spiro atoms. The van der Waals surface area contributed by atoms with Gasteiger partial charge in [-0.2, -0.15) is 5.26 Å². The van der Waals surface area contributed by atoms with E-state index in [0.29, 0.717) is 0 Å². The van der Waals surface area contributed by atoms with Crippen molar-refractivity contribution in [1.29, 1.82) is 5.26 Å². The zero-order valence-corrected chi connectivity index (χ0v) is 11.0. The van der Waals surface area contributed by atoms with E-state index in [9.17, 15) is 14.3 Å². The number of alkyl halides is 1. The lowest BCUT2D eigenvalue weighted by atomic mass is 9.84. The second kappa shape index (κ2) is 5.47. The second-order valence-corrected chi connectivity index (χ2v) is 4.56. The molecule has 2 rings (SSSR count). The molecule has 6 heteroatoms. The van der Waals surface area contributed by atoms with Crippen LogP contribution in [-0.2, 0) is 10.4 Å². The molecular formula is C14H14FNO4. The van der Waals surface area contributed by atoms with Crippen LogP contribution in [0.5, 0.6) is 5.75 Å². The highest BCUT2D eigenvalue weighted by atomic mass is 19.1. The fraction of sp³-hybridized carbons (Fsp3) is 0.429. The maximum absolute atomic E-state index is 15.0. The first-order valence-corrected chi connectivity index (χ1v) is 6.15. The van der Waals surface area contributed by atoms with Crippen LogP contribution in [0.4, 0.5) is 4.39 Å². The van der Waals surface area contributed by atoms with Crippen molar-refractivity contribution in [1.82, 2.24) is 0 Å². The number of nitriles is 1. The van der Waals surface area contributed by atoms with E-state index in [1.54, 1.807) is 0 Å². The summed E-state index contributed by atoms with van der Waals surface area (Å²) < 4.78 is 25.1. The molecule has 0 unspecified atom stereocenters. The van der Waals surface area contributed by atoms with Gasteiger partial charge in [0, 0.05) is 31.6 Å². The zero-order valence-electron chi connectivity index (χ0n) is 11.0. The number of carbonyl (C=O) groups is 1. The van der Waals surface area contributed by atoms with Crippen molar-refractivity contribution in [2.45, 2.75) is 18.5 Å². The molecule has 0 saturated carbocycles. The summed E-state index contributed by atoms with van der Waals surface area (Å²) in [5.41, 5.74) is -1.93. The molecule has 20 heavy (non-hydrogen) atoms. The van der Waals surface area contributed by atoms with Gasteiger partial charge in [0.15, 0.2) is 5.75 Å². The Morgan fingerprint density at radius 2 is 2.15 bits per heavy atom. The fourth-order valence-corrected chi connectivity index (χ4v) is 2.43. The Hall–Kier alpha value is -2.13. The van der Waals surface area contributed by atoms with Gasteiger partial charge in [-0.3, -0.25) is 0 Å². The van der Waals surface area contributed by atoms with E-state index in [1.165, 1.54) is 19.2 Å². The van der Waals surface area contributed by atoms with Crippen LogP contribution in [0.1, 0.15) is 34.3 Å². The van der Waals surface area contributed by atoms with Crippen LogP contribution in [0.3, 0.4) is 0 Å². The van der Waals surface area contributed by atoms with Crippen LogP contribution < -0.4 is 4.74 Å². The average Bonchev–Trinajstić information content (AvgIpc) is 2.46. The van der Waals surface area contributed by atoms with Gasteiger partial charge in [-0.25, -0.2) is 9.18 Å². The van der Waals surface area contributed by atoms with Crippen molar-refractivity contribution in [3.8, 4) is 11.8 Å². The predicted molar refractivity (Wildman–Crippen MR) is 67.5 cm³/mol. The van der Waals surface area contributed by atoms with Gasteiger partial charge < -0.3 is 14.6 Å². The summed E-state index contributed by atoms with van der Waals surface area (Å²) in [5.74, 6) is -1.40. The normalized spacial score (nSPS) is 17.2. The Morgan fingerprint density at radius 3 is 2.65 bits per heavy atom. The highest BCUT2D eigenvalue weighted by molar-refractivity contribution is 5.94. The van der Waals surface area contributed by atoms with Gasteiger partial charge in [0.1, 0.15) is 17.3 Å². The number of carboxylic acid groups (broad SMARTS) is 1. The number of ether oxygens (including phenoxy) is 2. The zero-order chi connectivity index (χ0) is 14.8. The van der Waals surface area contributed by atoms with Crippen LogP contribution in [0.2, 0.25) is 0 Å². The van der Waals surface area contributed by atoms with E-state index in [0.717, 1.165) is 0 Å². The fourth-order valence-electron chi connectivity index (χ4n) is 2.43. The van der Waals surface area contributed by atoms with Crippen molar-refractivity contribution in [3.05, 3.63) is 28.8 Å². The number of hydrogen-bond acceptors (Lipinski definition) is 4. The summed E-state index contributed by atoms with van der Waals surface area (Å²) in [7, 11) is 1.27. The van der Waals surface area contributed by atoms with Crippen LogP contribution in [0, 0.1) is 11.3 Å². The minimum atomic E-state index is -1.77. The van der Waals surface area contributed by atoms with Gasteiger partial charge in [0.05, 0.1) is 12.7 Å². The predicted octanol–water partition coefficient (Wildman–Crippen LogP) is 2.24. The van der Waals surface area contributed by atoms with Gasteiger partial charge in [0.25, 0.3) is 0 Å². The molecule has 1 aliphatic heterocycles. The molecule has 1 N–H and O–H groups in total. The lowest BCUT2D eigenvalue weighted by Crippen LogP contribution is -2.31. The summed E-state index contributed by atoms with van der Waals surface area (Å²) in [6.45, 7) is 0.468. The summed E-state index contributed by atoms with van der Waals surface area (Å²) in [6, 6.07) is 4.59. The maximum Gasteiger partial charge on any atom is 0.339 e. The number of hydrogen-bond donors (Lipinski definition) is 1. The maximum atomic E-state index is 15.0. The van der Waals surface area contributed by atoms with Crippen LogP contribution in [0.25, 0.3) is 0 Å². The van der Waals surface area contributed by atoms with E-state index in [1.807, 2.05) is 6.07 Å². The molecule has 0 amide bonds. The molecule has 0 bridgehead atoms. The molecule has 1 saturated heterocycles. The molecular weight excluding hydrogens is 265 g/mol. The number of methoxy groups -OCH3 is 1. The third kappa shape index (κ3) is 2.32. The number of halogens is 1. The van der Waals surface area contributed by atoms with Gasteiger partial charge in [-0.1, -0.05) is 6.07 Å². The molecule has 1 aromatic carbocycles. The van der Waals surface area contributed by atoms with Gasteiger partial charge >= 0.3 is 5.97 Å². The Balaban J connectivity index is 2.64. The average molecular weight is 279 g/mol. The largest absolute Gasteiger partial charge is 0.494 e. The SMILES string of the molecule is COc1c(C#N)ccc(C2(F)CCOCC2)c1C(=O)O. The highest BCUT2D eigenvalue weighted by Crippen LogP contribution is 2.41. The number of rotatable bonds is 3. The smallest absolute Gasteiger partial charge is 0.339 e. The van der Waals surface area contributed by atoms with Gasteiger partial charge in [-0.15, -0.1) is 0 Å². The van der Waals surface area contributed by atoms with E-state index < -0.39 is 11.6 Å². The molecule has 0 radical (unpaired) electrons.